The molecule has 0 aliphatic heterocycles. The largest absolute Gasteiger partial charge is 0.497 e. The van der Waals surface area contributed by atoms with Crippen LogP contribution in [-0.4, -0.2) is 45.0 Å². The summed E-state index contributed by atoms with van der Waals surface area (Å²) in [4.78, 5) is 16.3. The lowest BCUT2D eigenvalue weighted by atomic mass is 10.1. The topological polar surface area (TPSA) is 115 Å². The van der Waals surface area contributed by atoms with Gasteiger partial charge in [0, 0.05) is 28.8 Å². The van der Waals surface area contributed by atoms with Crippen LogP contribution in [0.25, 0.3) is 0 Å². The van der Waals surface area contributed by atoms with Crippen molar-refractivity contribution in [2.24, 2.45) is 5.10 Å². The minimum absolute atomic E-state index is 0.0567. The molecule has 10 heteroatoms. The maximum atomic E-state index is 12.1. The van der Waals surface area contributed by atoms with Gasteiger partial charge in [-0.25, -0.2) is 10.4 Å². The fourth-order valence-electron chi connectivity index (χ4n) is 2.48. The second-order valence-electron chi connectivity index (χ2n) is 5.90. The molecule has 0 aliphatic rings. The van der Waals surface area contributed by atoms with Gasteiger partial charge in [-0.15, -0.1) is 0 Å². The van der Waals surface area contributed by atoms with Gasteiger partial charge in [-0.1, -0.05) is 0 Å². The highest BCUT2D eigenvalue weighted by Gasteiger charge is 2.18. The van der Waals surface area contributed by atoms with E-state index in [1.165, 1.54) is 20.4 Å². The molecule has 30 heavy (non-hydrogen) atoms. The molecule has 2 rings (SSSR count). The van der Waals surface area contributed by atoms with E-state index in [0.717, 1.165) is 0 Å². The van der Waals surface area contributed by atoms with Crippen molar-refractivity contribution in [3.8, 4) is 23.4 Å². The number of methoxy groups -OCH3 is 3. The van der Waals surface area contributed by atoms with Gasteiger partial charge in [0.2, 0.25) is 5.88 Å². The van der Waals surface area contributed by atoms with E-state index in [9.17, 15) is 10.1 Å². The molecule has 0 unspecified atom stereocenters. The Morgan fingerprint density at radius 1 is 1.33 bits per heavy atom. The highest BCUT2D eigenvalue weighted by atomic mass is 79.9. The Morgan fingerprint density at radius 2 is 2.10 bits per heavy atom. The van der Waals surface area contributed by atoms with Crippen molar-refractivity contribution >= 4 is 28.1 Å². The van der Waals surface area contributed by atoms with Crippen LogP contribution in [0.1, 0.15) is 22.4 Å². The minimum atomic E-state index is -0.515. The molecule has 0 fully saturated rings. The summed E-state index contributed by atoms with van der Waals surface area (Å²) in [5.74, 6) is 0.724. The average Bonchev–Trinajstić information content (AvgIpc) is 2.75. The van der Waals surface area contributed by atoms with Gasteiger partial charge in [0.1, 0.15) is 23.1 Å². The number of benzene rings is 1. The highest BCUT2D eigenvalue weighted by Crippen LogP contribution is 2.30. The number of carbonyl (C=O) groups excluding carboxylic acids is 1. The van der Waals surface area contributed by atoms with Crippen LogP contribution in [0, 0.1) is 18.3 Å². The Hall–Kier alpha value is -3.16. The van der Waals surface area contributed by atoms with Crippen molar-refractivity contribution in [3.63, 3.8) is 0 Å². The van der Waals surface area contributed by atoms with E-state index in [1.807, 2.05) is 6.07 Å². The first-order valence-corrected chi connectivity index (χ1v) is 9.49. The van der Waals surface area contributed by atoms with Crippen LogP contribution in [0.4, 0.5) is 0 Å². The van der Waals surface area contributed by atoms with Gasteiger partial charge in [-0.2, -0.15) is 10.4 Å². The third kappa shape index (κ3) is 5.68. The number of pyridine rings is 1. The normalized spacial score (nSPS) is 10.5. The predicted octanol–water partition coefficient (Wildman–Crippen LogP) is 2.72. The van der Waals surface area contributed by atoms with E-state index in [1.54, 1.807) is 32.2 Å². The third-order valence-electron chi connectivity index (χ3n) is 3.94. The molecule has 0 spiro atoms. The number of hydrogen-bond acceptors (Lipinski definition) is 8. The van der Waals surface area contributed by atoms with Crippen molar-refractivity contribution in [2.45, 2.75) is 13.5 Å². The van der Waals surface area contributed by atoms with Gasteiger partial charge in [0.05, 0.1) is 32.7 Å². The molecular formula is C20H21BrN4O5. The highest BCUT2D eigenvalue weighted by molar-refractivity contribution is 9.10. The van der Waals surface area contributed by atoms with E-state index in [2.05, 4.69) is 31.4 Å². The lowest BCUT2D eigenvalue weighted by molar-refractivity contribution is -0.123. The number of hydrazone groups is 1. The number of carbonyl (C=O) groups is 1. The van der Waals surface area contributed by atoms with Crippen molar-refractivity contribution in [3.05, 3.63) is 45.1 Å². The summed E-state index contributed by atoms with van der Waals surface area (Å²) >= 11 is 3.40. The van der Waals surface area contributed by atoms with Gasteiger partial charge in [0.25, 0.3) is 5.91 Å². The first-order chi connectivity index (χ1) is 14.4. The zero-order valence-electron chi connectivity index (χ0n) is 17.0. The zero-order chi connectivity index (χ0) is 22.1. The van der Waals surface area contributed by atoms with E-state index >= 15 is 0 Å². The first-order valence-electron chi connectivity index (χ1n) is 8.69. The zero-order valence-corrected chi connectivity index (χ0v) is 18.6. The fourth-order valence-corrected chi connectivity index (χ4v) is 2.88. The Balaban J connectivity index is 2.05. The molecule has 0 atom stereocenters. The quantitative estimate of drug-likeness (QED) is 0.436. The first kappa shape index (κ1) is 23.1. The number of ether oxygens (including phenoxy) is 4. The smallest absolute Gasteiger partial charge is 0.278 e. The van der Waals surface area contributed by atoms with Crippen LogP contribution in [0.15, 0.2) is 27.8 Å². The van der Waals surface area contributed by atoms with Gasteiger partial charge in [-0.05, 0) is 35.0 Å². The molecule has 1 aromatic carbocycles. The number of halogens is 1. The number of hydrogen-bond donors (Lipinski definition) is 1. The maximum Gasteiger partial charge on any atom is 0.278 e. The summed E-state index contributed by atoms with van der Waals surface area (Å²) in [7, 11) is 4.60. The standard InChI is InChI=1S/C20H21BrN4O5/c1-12-19(21)16(10-27-2)15(8-22)20(24-12)30-11-18(26)25-23-9-13-5-6-14(28-3)7-17(13)29-4/h5-7,9H,10-11H2,1-4H3,(H,25,26)/b23-9-. The van der Waals surface area contributed by atoms with Gasteiger partial charge in [0.15, 0.2) is 6.61 Å². The molecule has 0 saturated carbocycles. The molecule has 1 heterocycles. The van der Waals surface area contributed by atoms with Crippen molar-refractivity contribution in [2.75, 3.05) is 27.9 Å². The van der Waals surface area contributed by atoms with Crippen LogP contribution in [0.2, 0.25) is 0 Å². The van der Waals surface area contributed by atoms with Crippen molar-refractivity contribution in [1.29, 1.82) is 5.26 Å². The van der Waals surface area contributed by atoms with Crippen LogP contribution in [-0.2, 0) is 16.1 Å². The Bertz CT molecular complexity index is 988. The van der Waals surface area contributed by atoms with Crippen molar-refractivity contribution < 1.29 is 23.7 Å². The van der Waals surface area contributed by atoms with E-state index in [-0.39, 0.29) is 24.7 Å². The van der Waals surface area contributed by atoms with E-state index in [0.29, 0.717) is 32.8 Å². The molecule has 0 radical (unpaired) electrons. The number of aryl methyl sites for hydroxylation is 1. The summed E-state index contributed by atoms with van der Waals surface area (Å²) in [6.45, 7) is 1.58. The summed E-state index contributed by atoms with van der Waals surface area (Å²) in [6, 6.07) is 7.24. The maximum absolute atomic E-state index is 12.1. The number of nitrogens with zero attached hydrogens (tertiary/aromatic N) is 3. The molecule has 1 N–H and O–H groups in total. The van der Waals surface area contributed by atoms with Crippen LogP contribution >= 0.6 is 15.9 Å². The average molecular weight is 477 g/mol. The van der Waals surface area contributed by atoms with Crippen molar-refractivity contribution in [1.82, 2.24) is 10.4 Å². The molecule has 0 aliphatic carbocycles. The van der Waals surface area contributed by atoms with Gasteiger partial charge in [-0.3, -0.25) is 4.79 Å². The Morgan fingerprint density at radius 3 is 2.73 bits per heavy atom. The van der Waals surface area contributed by atoms with E-state index < -0.39 is 5.91 Å². The second-order valence-corrected chi connectivity index (χ2v) is 6.70. The predicted molar refractivity (Wildman–Crippen MR) is 113 cm³/mol. The molecule has 1 aromatic heterocycles. The fraction of sp³-hybridized carbons (Fsp3) is 0.300. The molecular weight excluding hydrogens is 456 g/mol. The van der Waals surface area contributed by atoms with Gasteiger partial charge < -0.3 is 18.9 Å². The lowest BCUT2D eigenvalue weighted by Crippen LogP contribution is -2.25. The SMILES string of the molecule is COCc1c(Br)c(C)nc(OCC(=O)N/N=C\c2ccc(OC)cc2OC)c1C#N. The number of rotatable bonds is 9. The third-order valence-corrected chi connectivity index (χ3v) is 4.99. The van der Waals surface area contributed by atoms with Crippen LogP contribution in [0.5, 0.6) is 17.4 Å². The number of aromatic nitrogens is 1. The molecule has 2 aromatic rings. The Kier molecular flexibility index (Phi) is 8.58. The van der Waals surface area contributed by atoms with Crippen LogP contribution < -0.4 is 19.6 Å². The monoisotopic (exact) mass is 476 g/mol. The molecule has 0 saturated heterocycles. The summed E-state index contributed by atoms with van der Waals surface area (Å²) in [6.07, 6.45) is 1.44. The summed E-state index contributed by atoms with van der Waals surface area (Å²) < 4.78 is 21.7. The lowest BCUT2D eigenvalue weighted by Gasteiger charge is -2.13. The van der Waals surface area contributed by atoms with Gasteiger partial charge >= 0.3 is 0 Å². The molecule has 158 valence electrons. The molecule has 0 bridgehead atoms. The minimum Gasteiger partial charge on any atom is -0.497 e. The number of nitrogens with one attached hydrogen (secondary N) is 1. The van der Waals surface area contributed by atoms with E-state index in [4.69, 9.17) is 18.9 Å². The second kappa shape index (κ2) is 11.1. The number of amides is 1. The molecule has 1 amide bonds. The summed E-state index contributed by atoms with van der Waals surface area (Å²) in [5.41, 5.74) is 4.43. The van der Waals surface area contributed by atoms with Crippen LogP contribution in [0.3, 0.4) is 0 Å². The summed E-state index contributed by atoms with van der Waals surface area (Å²) in [5, 5.41) is 13.4. The Labute approximate surface area is 182 Å². The number of nitriles is 1. The molecule has 9 nitrogen and oxygen atoms in total.